The maximum absolute atomic E-state index is 5.95. The summed E-state index contributed by atoms with van der Waals surface area (Å²) in [6.45, 7) is 5.41. The van der Waals surface area contributed by atoms with Crippen LogP contribution in [0, 0.1) is 5.92 Å². The summed E-state index contributed by atoms with van der Waals surface area (Å²) in [7, 11) is 1.65. The van der Waals surface area contributed by atoms with E-state index in [-0.39, 0.29) is 0 Å². The number of methoxy groups -OCH3 is 1. The SMILES string of the molecule is COCCNC(=S)Nc1nc(Oc2ccccc2)cc(N2CCC(C)CC2)n1. The van der Waals surface area contributed by atoms with Crippen LogP contribution >= 0.6 is 12.2 Å². The lowest BCUT2D eigenvalue weighted by molar-refractivity contribution is 0.204. The van der Waals surface area contributed by atoms with Crippen molar-refractivity contribution in [2.75, 3.05) is 43.6 Å². The van der Waals surface area contributed by atoms with Crippen LogP contribution in [0.5, 0.6) is 11.6 Å². The van der Waals surface area contributed by atoms with Gasteiger partial charge in [-0.05, 0) is 43.1 Å². The second-order valence-corrected chi connectivity index (χ2v) is 7.25. The predicted octanol–water partition coefficient (Wildman–Crippen LogP) is 3.44. The molecular formula is C20H27N5O2S. The number of aromatic nitrogens is 2. The molecule has 8 heteroatoms. The van der Waals surface area contributed by atoms with Gasteiger partial charge < -0.3 is 25.0 Å². The Balaban J connectivity index is 1.78. The molecule has 1 aromatic heterocycles. The highest BCUT2D eigenvalue weighted by Gasteiger charge is 2.19. The molecule has 0 bridgehead atoms. The first-order chi connectivity index (χ1) is 13.6. The molecular weight excluding hydrogens is 374 g/mol. The molecule has 0 aliphatic carbocycles. The van der Waals surface area contributed by atoms with E-state index in [0.717, 1.165) is 43.4 Å². The summed E-state index contributed by atoms with van der Waals surface area (Å²) in [5.41, 5.74) is 0. The Bertz CT molecular complexity index is 766. The smallest absolute Gasteiger partial charge is 0.234 e. The normalized spacial score (nSPS) is 14.6. The van der Waals surface area contributed by atoms with Gasteiger partial charge in [-0.1, -0.05) is 25.1 Å². The Morgan fingerprint density at radius 3 is 2.68 bits per heavy atom. The molecule has 0 spiro atoms. The molecule has 1 aliphatic rings. The first kappa shape index (κ1) is 20.3. The highest BCUT2D eigenvalue weighted by atomic mass is 32.1. The Hall–Kier alpha value is -2.45. The molecule has 1 aliphatic heterocycles. The van der Waals surface area contributed by atoms with Crippen molar-refractivity contribution in [3.8, 4) is 11.6 Å². The van der Waals surface area contributed by atoms with Crippen molar-refractivity contribution in [1.82, 2.24) is 15.3 Å². The van der Waals surface area contributed by atoms with E-state index in [2.05, 4.69) is 32.4 Å². The third-order valence-corrected chi connectivity index (χ3v) is 4.83. The largest absolute Gasteiger partial charge is 0.439 e. The fourth-order valence-corrected chi connectivity index (χ4v) is 3.14. The highest BCUT2D eigenvalue weighted by Crippen LogP contribution is 2.27. The van der Waals surface area contributed by atoms with Crippen molar-refractivity contribution in [2.24, 2.45) is 5.92 Å². The summed E-state index contributed by atoms with van der Waals surface area (Å²) in [5, 5.41) is 6.57. The predicted molar refractivity (Wildman–Crippen MR) is 115 cm³/mol. The van der Waals surface area contributed by atoms with Crippen LogP contribution < -0.4 is 20.3 Å². The van der Waals surface area contributed by atoms with E-state index < -0.39 is 0 Å². The number of hydrogen-bond donors (Lipinski definition) is 2. The van der Waals surface area contributed by atoms with E-state index in [0.29, 0.717) is 30.1 Å². The van der Waals surface area contributed by atoms with Crippen LogP contribution in [0.4, 0.5) is 11.8 Å². The molecule has 1 fully saturated rings. The van der Waals surface area contributed by atoms with Gasteiger partial charge in [-0.3, -0.25) is 0 Å². The van der Waals surface area contributed by atoms with Gasteiger partial charge in [-0.2, -0.15) is 9.97 Å². The minimum atomic E-state index is 0.414. The zero-order valence-electron chi connectivity index (χ0n) is 16.4. The average molecular weight is 402 g/mol. The molecule has 28 heavy (non-hydrogen) atoms. The molecule has 1 aromatic carbocycles. The minimum absolute atomic E-state index is 0.414. The lowest BCUT2D eigenvalue weighted by atomic mass is 9.99. The summed E-state index contributed by atoms with van der Waals surface area (Å²) < 4.78 is 11.0. The van der Waals surface area contributed by atoms with Crippen LogP contribution in [-0.2, 0) is 4.74 Å². The van der Waals surface area contributed by atoms with Gasteiger partial charge in [0, 0.05) is 32.8 Å². The summed E-state index contributed by atoms with van der Waals surface area (Å²) in [6, 6.07) is 11.5. The number of anilines is 2. The molecule has 7 nitrogen and oxygen atoms in total. The fourth-order valence-electron chi connectivity index (χ4n) is 2.94. The molecule has 0 saturated carbocycles. The van der Waals surface area contributed by atoms with Gasteiger partial charge in [0.1, 0.15) is 11.6 Å². The topological polar surface area (TPSA) is 71.5 Å². The van der Waals surface area contributed by atoms with Crippen molar-refractivity contribution in [3.63, 3.8) is 0 Å². The Kier molecular flexibility index (Phi) is 7.39. The maximum Gasteiger partial charge on any atom is 0.234 e. The van der Waals surface area contributed by atoms with Crippen LogP contribution in [0.15, 0.2) is 36.4 Å². The van der Waals surface area contributed by atoms with Gasteiger partial charge >= 0.3 is 0 Å². The number of ether oxygens (including phenoxy) is 2. The number of thiocarbonyl (C=S) groups is 1. The molecule has 2 heterocycles. The zero-order chi connectivity index (χ0) is 19.8. The van der Waals surface area contributed by atoms with Crippen molar-refractivity contribution in [2.45, 2.75) is 19.8 Å². The molecule has 0 atom stereocenters. The quantitative estimate of drug-likeness (QED) is 0.540. The Morgan fingerprint density at radius 1 is 1.21 bits per heavy atom. The van der Waals surface area contributed by atoms with E-state index in [1.54, 1.807) is 7.11 Å². The van der Waals surface area contributed by atoms with Crippen LogP contribution in [0.25, 0.3) is 0 Å². The monoisotopic (exact) mass is 401 g/mol. The summed E-state index contributed by atoms with van der Waals surface area (Å²) in [4.78, 5) is 11.4. The second kappa shape index (κ2) is 10.2. The van der Waals surface area contributed by atoms with E-state index in [4.69, 9.17) is 21.7 Å². The van der Waals surface area contributed by atoms with Crippen molar-refractivity contribution in [3.05, 3.63) is 36.4 Å². The summed E-state index contributed by atoms with van der Waals surface area (Å²) in [5.74, 6) is 3.21. The molecule has 0 radical (unpaired) electrons. The van der Waals surface area contributed by atoms with Crippen LogP contribution in [0.1, 0.15) is 19.8 Å². The van der Waals surface area contributed by atoms with Crippen LogP contribution in [0.2, 0.25) is 0 Å². The first-order valence-electron chi connectivity index (χ1n) is 9.55. The van der Waals surface area contributed by atoms with Gasteiger partial charge in [-0.15, -0.1) is 0 Å². The zero-order valence-corrected chi connectivity index (χ0v) is 17.2. The number of para-hydroxylation sites is 1. The summed E-state index contributed by atoms with van der Waals surface area (Å²) >= 11 is 5.33. The lowest BCUT2D eigenvalue weighted by Gasteiger charge is -2.31. The first-order valence-corrected chi connectivity index (χ1v) is 9.95. The third-order valence-electron chi connectivity index (χ3n) is 4.58. The molecule has 0 unspecified atom stereocenters. The molecule has 150 valence electrons. The van der Waals surface area contributed by atoms with Gasteiger partial charge in [0.15, 0.2) is 5.11 Å². The van der Waals surface area contributed by atoms with Crippen LogP contribution in [-0.4, -0.2) is 48.4 Å². The fraction of sp³-hybridized carbons (Fsp3) is 0.450. The Morgan fingerprint density at radius 2 is 1.96 bits per heavy atom. The molecule has 3 rings (SSSR count). The van der Waals surface area contributed by atoms with Crippen molar-refractivity contribution >= 4 is 29.1 Å². The van der Waals surface area contributed by atoms with E-state index in [1.165, 1.54) is 0 Å². The second-order valence-electron chi connectivity index (χ2n) is 6.85. The van der Waals surface area contributed by atoms with E-state index in [1.807, 2.05) is 36.4 Å². The highest BCUT2D eigenvalue weighted by molar-refractivity contribution is 7.80. The van der Waals surface area contributed by atoms with Crippen molar-refractivity contribution < 1.29 is 9.47 Å². The minimum Gasteiger partial charge on any atom is -0.439 e. The molecule has 2 aromatic rings. The Labute approximate surface area is 171 Å². The van der Waals surface area contributed by atoms with Crippen LogP contribution in [0.3, 0.4) is 0 Å². The third kappa shape index (κ3) is 6.03. The lowest BCUT2D eigenvalue weighted by Crippen LogP contribution is -2.34. The number of nitrogens with one attached hydrogen (secondary N) is 2. The average Bonchev–Trinajstić information content (AvgIpc) is 2.69. The number of piperidine rings is 1. The van der Waals surface area contributed by atoms with Gasteiger partial charge in [0.25, 0.3) is 0 Å². The van der Waals surface area contributed by atoms with E-state index in [9.17, 15) is 0 Å². The number of nitrogens with zero attached hydrogens (tertiary/aromatic N) is 3. The number of hydrogen-bond acceptors (Lipinski definition) is 6. The van der Waals surface area contributed by atoms with Gasteiger partial charge in [-0.25, -0.2) is 0 Å². The maximum atomic E-state index is 5.95. The molecule has 0 amide bonds. The van der Waals surface area contributed by atoms with Gasteiger partial charge in [0.2, 0.25) is 11.8 Å². The molecule has 2 N–H and O–H groups in total. The number of benzene rings is 1. The number of rotatable bonds is 7. The van der Waals surface area contributed by atoms with Gasteiger partial charge in [0.05, 0.1) is 6.61 Å². The summed E-state index contributed by atoms with van der Waals surface area (Å²) in [6.07, 6.45) is 2.30. The standard InChI is InChI=1S/C20H27N5O2S/c1-15-8-11-25(12-9-15)17-14-18(27-16-6-4-3-5-7-16)23-19(22-17)24-20(28)21-10-13-26-2/h3-7,14-15H,8-13H2,1-2H3,(H2,21,22,23,24,28). The van der Waals surface area contributed by atoms with E-state index >= 15 is 0 Å². The van der Waals surface area contributed by atoms with Crippen molar-refractivity contribution in [1.29, 1.82) is 0 Å². The molecule has 1 saturated heterocycles.